The standard InChI is InChI=1S/C20H22F3N3O/c1-15-4-2-5-16(12-15)14-24-19(27)26-10-8-25(9-11-26)18-7-3-6-17(13-18)20(21,22)23/h2-7,12-13H,8-11,14H2,1H3,(H,24,27). The molecule has 2 aromatic rings. The number of nitrogens with zero attached hydrogens (tertiary/aromatic N) is 2. The molecule has 0 saturated carbocycles. The Morgan fingerprint density at radius 1 is 1.04 bits per heavy atom. The Morgan fingerprint density at radius 3 is 2.41 bits per heavy atom. The lowest BCUT2D eigenvalue weighted by molar-refractivity contribution is -0.137. The van der Waals surface area contributed by atoms with Crippen molar-refractivity contribution in [3.05, 3.63) is 65.2 Å². The predicted molar refractivity (Wildman–Crippen MR) is 98.6 cm³/mol. The van der Waals surface area contributed by atoms with Gasteiger partial charge in [-0.05, 0) is 30.7 Å². The third-order valence-electron chi connectivity index (χ3n) is 4.63. The van der Waals surface area contributed by atoms with Gasteiger partial charge in [-0.3, -0.25) is 0 Å². The van der Waals surface area contributed by atoms with Crippen LogP contribution in [-0.4, -0.2) is 37.1 Å². The van der Waals surface area contributed by atoms with Gasteiger partial charge in [-0.15, -0.1) is 0 Å². The molecule has 0 unspecified atom stereocenters. The summed E-state index contributed by atoms with van der Waals surface area (Å²) in [5, 5.41) is 2.90. The Balaban J connectivity index is 1.53. The van der Waals surface area contributed by atoms with Gasteiger partial charge in [0.1, 0.15) is 0 Å². The largest absolute Gasteiger partial charge is 0.416 e. The molecule has 27 heavy (non-hydrogen) atoms. The van der Waals surface area contributed by atoms with Crippen molar-refractivity contribution in [2.75, 3.05) is 31.1 Å². The van der Waals surface area contributed by atoms with E-state index >= 15 is 0 Å². The van der Waals surface area contributed by atoms with Gasteiger partial charge in [0.2, 0.25) is 0 Å². The van der Waals surface area contributed by atoms with E-state index in [1.54, 1.807) is 11.0 Å². The van der Waals surface area contributed by atoms with Crippen molar-refractivity contribution >= 4 is 11.7 Å². The Morgan fingerprint density at radius 2 is 1.74 bits per heavy atom. The molecule has 3 rings (SSSR count). The number of alkyl halides is 3. The highest BCUT2D eigenvalue weighted by atomic mass is 19.4. The maximum absolute atomic E-state index is 12.9. The number of carbonyl (C=O) groups is 1. The molecule has 2 amide bonds. The van der Waals surface area contributed by atoms with E-state index in [-0.39, 0.29) is 6.03 Å². The van der Waals surface area contributed by atoms with Crippen LogP contribution in [-0.2, 0) is 12.7 Å². The average Bonchev–Trinajstić information content (AvgIpc) is 2.66. The highest BCUT2D eigenvalue weighted by Gasteiger charge is 2.31. The first-order valence-corrected chi connectivity index (χ1v) is 8.83. The number of carbonyl (C=O) groups excluding carboxylic acids is 1. The van der Waals surface area contributed by atoms with E-state index in [1.807, 2.05) is 36.1 Å². The van der Waals surface area contributed by atoms with Gasteiger partial charge in [0, 0.05) is 38.4 Å². The molecular formula is C20H22F3N3O. The first-order chi connectivity index (χ1) is 12.8. The molecule has 1 aliphatic rings. The molecule has 1 saturated heterocycles. The summed E-state index contributed by atoms with van der Waals surface area (Å²) in [6.07, 6.45) is -4.35. The molecule has 144 valence electrons. The van der Waals surface area contributed by atoms with Crippen molar-refractivity contribution in [3.63, 3.8) is 0 Å². The Kier molecular flexibility index (Phi) is 5.58. The second-order valence-corrected chi connectivity index (χ2v) is 6.67. The van der Waals surface area contributed by atoms with E-state index in [0.717, 1.165) is 23.3 Å². The molecule has 1 aliphatic heterocycles. The van der Waals surface area contributed by atoms with Crippen molar-refractivity contribution in [2.24, 2.45) is 0 Å². The number of aryl methyl sites for hydroxylation is 1. The minimum absolute atomic E-state index is 0.153. The lowest BCUT2D eigenvalue weighted by Gasteiger charge is -2.36. The number of nitrogens with one attached hydrogen (secondary N) is 1. The van der Waals surface area contributed by atoms with E-state index in [9.17, 15) is 18.0 Å². The fourth-order valence-corrected chi connectivity index (χ4v) is 3.16. The van der Waals surface area contributed by atoms with E-state index < -0.39 is 11.7 Å². The second-order valence-electron chi connectivity index (χ2n) is 6.67. The Labute approximate surface area is 156 Å². The summed E-state index contributed by atoms with van der Waals surface area (Å²) in [7, 11) is 0. The van der Waals surface area contributed by atoms with Crippen LogP contribution in [0.5, 0.6) is 0 Å². The summed E-state index contributed by atoms with van der Waals surface area (Å²) in [4.78, 5) is 15.9. The monoisotopic (exact) mass is 377 g/mol. The van der Waals surface area contributed by atoms with Gasteiger partial charge in [-0.2, -0.15) is 13.2 Å². The zero-order chi connectivity index (χ0) is 19.4. The van der Waals surface area contributed by atoms with Crippen LogP contribution in [0.25, 0.3) is 0 Å². The number of anilines is 1. The topological polar surface area (TPSA) is 35.6 Å². The minimum atomic E-state index is -4.35. The van der Waals surface area contributed by atoms with Crippen LogP contribution in [0.2, 0.25) is 0 Å². The summed E-state index contributed by atoms with van der Waals surface area (Å²) in [6.45, 7) is 4.39. The smallest absolute Gasteiger partial charge is 0.368 e. The molecule has 0 aromatic heterocycles. The molecule has 0 radical (unpaired) electrons. The molecule has 1 N–H and O–H groups in total. The van der Waals surface area contributed by atoms with Crippen molar-refractivity contribution < 1.29 is 18.0 Å². The molecule has 0 bridgehead atoms. The number of hydrogen-bond donors (Lipinski definition) is 1. The molecule has 1 fully saturated rings. The first kappa shape index (κ1) is 19.1. The third-order valence-corrected chi connectivity index (χ3v) is 4.63. The zero-order valence-corrected chi connectivity index (χ0v) is 15.1. The SMILES string of the molecule is Cc1cccc(CNC(=O)N2CCN(c3cccc(C(F)(F)F)c3)CC2)c1. The number of urea groups is 1. The van der Waals surface area contributed by atoms with E-state index in [0.29, 0.717) is 38.4 Å². The van der Waals surface area contributed by atoms with Crippen molar-refractivity contribution in [1.82, 2.24) is 10.2 Å². The molecule has 0 aliphatic carbocycles. The van der Waals surface area contributed by atoms with Crippen molar-refractivity contribution in [1.29, 1.82) is 0 Å². The molecular weight excluding hydrogens is 355 g/mol. The summed E-state index contributed by atoms with van der Waals surface area (Å²) >= 11 is 0. The Hall–Kier alpha value is -2.70. The quantitative estimate of drug-likeness (QED) is 0.876. The second kappa shape index (κ2) is 7.90. The summed E-state index contributed by atoms with van der Waals surface area (Å²) in [5.74, 6) is 0. The highest BCUT2D eigenvalue weighted by molar-refractivity contribution is 5.74. The number of benzene rings is 2. The van der Waals surface area contributed by atoms with Gasteiger partial charge >= 0.3 is 12.2 Å². The van der Waals surface area contributed by atoms with Gasteiger partial charge in [0.05, 0.1) is 5.56 Å². The maximum atomic E-state index is 12.9. The minimum Gasteiger partial charge on any atom is -0.368 e. The molecule has 7 heteroatoms. The average molecular weight is 377 g/mol. The molecule has 0 spiro atoms. The zero-order valence-electron chi connectivity index (χ0n) is 15.1. The Bertz CT molecular complexity index is 799. The van der Waals surface area contributed by atoms with Gasteiger partial charge in [-0.1, -0.05) is 35.9 Å². The molecule has 4 nitrogen and oxygen atoms in total. The van der Waals surface area contributed by atoms with Crippen LogP contribution in [0.1, 0.15) is 16.7 Å². The normalized spacial score (nSPS) is 15.0. The number of rotatable bonds is 3. The van der Waals surface area contributed by atoms with Crippen LogP contribution in [0.15, 0.2) is 48.5 Å². The summed E-state index contributed by atoms with van der Waals surface area (Å²) in [5.41, 5.74) is 2.05. The fourth-order valence-electron chi connectivity index (χ4n) is 3.16. The van der Waals surface area contributed by atoms with Crippen LogP contribution >= 0.6 is 0 Å². The van der Waals surface area contributed by atoms with Gasteiger partial charge in [0.15, 0.2) is 0 Å². The van der Waals surface area contributed by atoms with E-state index in [2.05, 4.69) is 5.32 Å². The molecule has 1 heterocycles. The van der Waals surface area contributed by atoms with Crippen LogP contribution in [0.4, 0.5) is 23.7 Å². The maximum Gasteiger partial charge on any atom is 0.416 e. The number of amides is 2. The summed E-state index contributed by atoms with van der Waals surface area (Å²) in [6, 6.07) is 13.1. The van der Waals surface area contributed by atoms with Crippen LogP contribution < -0.4 is 10.2 Å². The van der Waals surface area contributed by atoms with Crippen LogP contribution in [0.3, 0.4) is 0 Å². The highest BCUT2D eigenvalue weighted by Crippen LogP contribution is 2.31. The number of halogens is 3. The fraction of sp³-hybridized carbons (Fsp3) is 0.350. The summed E-state index contributed by atoms with van der Waals surface area (Å²) < 4.78 is 38.6. The third kappa shape index (κ3) is 4.93. The van der Waals surface area contributed by atoms with Gasteiger partial charge < -0.3 is 15.1 Å². The van der Waals surface area contributed by atoms with E-state index in [4.69, 9.17) is 0 Å². The lowest BCUT2D eigenvalue weighted by atomic mass is 10.1. The van der Waals surface area contributed by atoms with Gasteiger partial charge in [-0.25, -0.2) is 4.79 Å². The first-order valence-electron chi connectivity index (χ1n) is 8.83. The van der Waals surface area contributed by atoms with E-state index in [1.165, 1.54) is 6.07 Å². The number of hydrogen-bond acceptors (Lipinski definition) is 2. The molecule has 2 aromatic carbocycles. The van der Waals surface area contributed by atoms with Crippen molar-refractivity contribution in [3.8, 4) is 0 Å². The van der Waals surface area contributed by atoms with Gasteiger partial charge in [0.25, 0.3) is 0 Å². The van der Waals surface area contributed by atoms with Crippen molar-refractivity contribution in [2.45, 2.75) is 19.6 Å². The number of piperazine rings is 1. The molecule has 0 atom stereocenters. The lowest BCUT2D eigenvalue weighted by Crippen LogP contribution is -2.51. The predicted octanol–water partition coefficient (Wildman–Crippen LogP) is 4.05. The van der Waals surface area contributed by atoms with Crippen LogP contribution in [0, 0.1) is 6.92 Å².